The van der Waals surface area contributed by atoms with Crippen LogP contribution in [0.5, 0.6) is 0 Å². The summed E-state index contributed by atoms with van der Waals surface area (Å²) in [6.07, 6.45) is -0.205. The molecule has 0 saturated carbocycles. The van der Waals surface area contributed by atoms with E-state index >= 15 is 0 Å². The Hall–Kier alpha value is -1.30. The lowest BCUT2D eigenvalue weighted by Gasteiger charge is -2.34. The molecule has 114 valence electrons. The van der Waals surface area contributed by atoms with Crippen LogP contribution in [0.1, 0.15) is 11.7 Å². The Bertz CT molecular complexity index is 511. The third-order valence-electron chi connectivity index (χ3n) is 3.93. The number of amides is 1. The van der Waals surface area contributed by atoms with E-state index in [0.717, 1.165) is 30.2 Å². The third-order valence-corrected chi connectivity index (χ3v) is 4.28. The number of carbonyl (C=O) groups excluding carboxylic acids is 1. The second-order valence-corrected chi connectivity index (χ2v) is 5.69. The van der Waals surface area contributed by atoms with Crippen molar-refractivity contribution in [2.45, 2.75) is 6.10 Å². The van der Waals surface area contributed by atoms with Gasteiger partial charge in [-0.2, -0.15) is 0 Å². The summed E-state index contributed by atoms with van der Waals surface area (Å²) >= 11 is 6.24. The third kappa shape index (κ3) is 3.48. The van der Waals surface area contributed by atoms with Gasteiger partial charge >= 0.3 is 6.09 Å². The largest absolute Gasteiger partial charge is 0.448 e. The number of halogens is 1. The Morgan fingerprint density at radius 2 is 2.05 bits per heavy atom. The Morgan fingerprint density at radius 1 is 1.19 bits per heavy atom. The number of morpholine rings is 1. The minimum atomic E-state index is -0.203. The lowest BCUT2D eigenvalue weighted by Crippen LogP contribution is -2.43. The first-order chi connectivity index (χ1) is 10.2. The van der Waals surface area contributed by atoms with Gasteiger partial charge in [0, 0.05) is 36.8 Å². The topological polar surface area (TPSA) is 42.0 Å². The van der Waals surface area contributed by atoms with Crippen LogP contribution >= 0.6 is 11.6 Å². The molecule has 6 heteroatoms. The first-order valence-corrected chi connectivity index (χ1v) is 7.62. The second-order valence-electron chi connectivity index (χ2n) is 5.28. The molecule has 2 fully saturated rings. The summed E-state index contributed by atoms with van der Waals surface area (Å²) in [6.45, 7) is 5.09. The van der Waals surface area contributed by atoms with Crippen LogP contribution < -0.4 is 0 Å². The van der Waals surface area contributed by atoms with Gasteiger partial charge in [0.15, 0.2) is 0 Å². The van der Waals surface area contributed by atoms with Crippen LogP contribution in [-0.4, -0.2) is 61.8 Å². The van der Waals surface area contributed by atoms with Gasteiger partial charge in [0.2, 0.25) is 0 Å². The van der Waals surface area contributed by atoms with Crippen molar-refractivity contribution in [2.24, 2.45) is 0 Å². The van der Waals surface area contributed by atoms with Crippen LogP contribution in [-0.2, 0) is 9.47 Å². The summed E-state index contributed by atoms with van der Waals surface area (Å²) in [7, 11) is 0. The standard InChI is InChI=1S/C15H19ClN2O3/c16-13-4-2-1-3-12(13)14-11-17(7-9-20-14)5-6-18-8-10-21-15(18)19/h1-4,14H,5-11H2/t14-/m0/s1. The fourth-order valence-corrected chi connectivity index (χ4v) is 2.98. The molecule has 0 spiro atoms. The maximum atomic E-state index is 11.4. The van der Waals surface area contributed by atoms with Crippen molar-refractivity contribution in [3.8, 4) is 0 Å². The molecule has 0 bridgehead atoms. The van der Waals surface area contributed by atoms with Crippen LogP contribution in [0.4, 0.5) is 4.79 Å². The molecule has 1 aromatic rings. The maximum absolute atomic E-state index is 11.4. The van der Waals surface area contributed by atoms with E-state index in [4.69, 9.17) is 21.1 Å². The number of benzene rings is 1. The van der Waals surface area contributed by atoms with E-state index in [0.29, 0.717) is 26.3 Å². The molecule has 1 aromatic carbocycles. The lowest BCUT2D eigenvalue weighted by molar-refractivity contribution is -0.0310. The van der Waals surface area contributed by atoms with Gasteiger partial charge in [0.25, 0.3) is 0 Å². The van der Waals surface area contributed by atoms with Crippen molar-refractivity contribution in [2.75, 3.05) is 45.9 Å². The summed E-state index contributed by atoms with van der Waals surface area (Å²) in [5.41, 5.74) is 1.03. The van der Waals surface area contributed by atoms with Gasteiger partial charge in [0.1, 0.15) is 6.61 Å². The Morgan fingerprint density at radius 3 is 2.81 bits per heavy atom. The van der Waals surface area contributed by atoms with Crippen molar-refractivity contribution >= 4 is 17.7 Å². The van der Waals surface area contributed by atoms with Gasteiger partial charge in [-0.1, -0.05) is 29.8 Å². The number of cyclic esters (lactones) is 1. The fourth-order valence-electron chi connectivity index (χ4n) is 2.72. The number of ether oxygens (including phenoxy) is 2. The molecule has 5 nitrogen and oxygen atoms in total. The van der Waals surface area contributed by atoms with Gasteiger partial charge in [-0.3, -0.25) is 4.90 Å². The molecule has 0 unspecified atom stereocenters. The summed E-state index contributed by atoms with van der Waals surface area (Å²) in [5, 5.41) is 0.743. The SMILES string of the molecule is O=C1OCCN1CCN1CCO[C@H](c2ccccc2Cl)C1. The van der Waals surface area contributed by atoms with E-state index in [1.165, 1.54) is 0 Å². The molecule has 0 radical (unpaired) electrons. The average molecular weight is 311 g/mol. The summed E-state index contributed by atoms with van der Waals surface area (Å²) in [5.74, 6) is 0. The first-order valence-electron chi connectivity index (χ1n) is 7.24. The molecule has 2 saturated heterocycles. The van der Waals surface area contributed by atoms with E-state index in [2.05, 4.69) is 4.90 Å². The number of hydrogen-bond donors (Lipinski definition) is 0. The predicted molar refractivity (Wildman–Crippen MR) is 79.5 cm³/mol. The van der Waals surface area contributed by atoms with E-state index in [1.54, 1.807) is 4.90 Å². The lowest BCUT2D eigenvalue weighted by atomic mass is 10.1. The molecule has 3 rings (SSSR count). The van der Waals surface area contributed by atoms with Crippen LogP contribution in [0.3, 0.4) is 0 Å². The average Bonchev–Trinajstić information content (AvgIpc) is 2.91. The quantitative estimate of drug-likeness (QED) is 0.855. The van der Waals surface area contributed by atoms with Crippen molar-refractivity contribution in [1.29, 1.82) is 0 Å². The van der Waals surface area contributed by atoms with E-state index in [9.17, 15) is 4.79 Å². The minimum Gasteiger partial charge on any atom is -0.448 e. The molecule has 1 atom stereocenters. The molecule has 0 aliphatic carbocycles. The highest BCUT2D eigenvalue weighted by molar-refractivity contribution is 6.31. The van der Waals surface area contributed by atoms with Gasteiger partial charge in [-0.25, -0.2) is 4.79 Å². The highest BCUT2D eigenvalue weighted by Crippen LogP contribution is 2.28. The van der Waals surface area contributed by atoms with Crippen LogP contribution in [0.15, 0.2) is 24.3 Å². The summed E-state index contributed by atoms with van der Waals surface area (Å²) in [4.78, 5) is 15.5. The van der Waals surface area contributed by atoms with Gasteiger partial charge in [0.05, 0.1) is 19.3 Å². The smallest absolute Gasteiger partial charge is 0.409 e. The second kappa shape index (κ2) is 6.64. The Labute approximate surface area is 129 Å². The number of nitrogens with zero attached hydrogens (tertiary/aromatic N) is 2. The molecule has 2 aliphatic heterocycles. The molecule has 21 heavy (non-hydrogen) atoms. The van der Waals surface area contributed by atoms with E-state index < -0.39 is 0 Å². The monoisotopic (exact) mass is 310 g/mol. The van der Waals surface area contributed by atoms with Crippen LogP contribution in [0, 0.1) is 0 Å². The molecular weight excluding hydrogens is 292 g/mol. The van der Waals surface area contributed by atoms with Gasteiger partial charge < -0.3 is 14.4 Å². The predicted octanol–water partition coefficient (Wildman–Crippen LogP) is 2.17. The van der Waals surface area contributed by atoms with Crippen molar-refractivity contribution in [3.63, 3.8) is 0 Å². The van der Waals surface area contributed by atoms with Crippen molar-refractivity contribution < 1.29 is 14.3 Å². The van der Waals surface area contributed by atoms with Crippen molar-refractivity contribution in [1.82, 2.24) is 9.80 Å². The maximum Gasteiger partial charge on any atom is 0.409 e. The van der Waals surface area contributed by atoms with E-state index in [1.807, 2.05) is 24.3 Å². The summed E-state index contributed by atoms with van der Waals surface area (Å²) in [6, 6.07) is 7.79. The first kappa shape index (κ1) is 14.6. The Balaban J connectivity index is 1.56. The number of hydrogen-bond acceptors (Lipinski definition) is 4. The molecule has 0 N–H and O–H groups in total. The minimum absolute atomic E-state index is 0.00187. The molecule has 2 aliphatic rings. The zero-order chi connectivity index (χ0) is 14.7. The summed E-state index contributed by atoms with van der Waals surface area (Å²) < 4.78 is 10.8. The zero-order valence-corrected chi connectivity index (χ0v) is 12.6. The van der Waals surface area contributed by atoms with Crippen LogP contribution in [0.25, 0.3) is 0 Å². The molecular formula is C15H19ClN2O3. The zero-order valence-electron chi connectivity index (χ0n) is 11.8. The van der Waals surface area contributed by atoms with Gasteiger partial charge in [-0.15, -0.1) is 0 Å². The molecule has 0 aromatic heterocycles. The highest BCUT2D eigenvalue weighted by Gasteiger charge is 2.26. The normalized spacial score (nSPS) is 23.4. The fraction of sp³-hybridized carbons (Fsp3) is 0.533. The molecule has 1 amide bonds. The van der Waals surface area contributed by atoms with Crippen molar-refractivity contribution in [3.05, 3.63) is 34.9 Å². The Kier molecular flexibility index (Phi) is 4.63. The van der Waals surface area contributed by atoms with Gasteiger partial charge in [-0.05, 0) is 6.07 Å². The van der Waals surface area contributed by atoms with Crippen LogP contribution in [0.2, 0.25) is 5.02 Å². The number of carbonyl (C=O) groups is 1. The highest BCUT2D eigenvalue weighted by atomic mass is 35.5. The number of rotatable bonds is 4. The molecule has 2 heterocycles. The van der Waals surface area contributed by atoms with E-state index in [-0.39, 0.29) is 12.2 Å².